The molecular formula is C61H50O17. The first-order valence-electron chi connectivity index (χ1n) is 24.7. The first kappa shape index (κ1) is 53.7. The van der Waals surface area contributed by atoms with E-state index in [-0.39, 0.29) is 45.6 Å². The topological polar surface area (TPSA) is 215 Å². The van der Waals surface area contributed by atoms with Gasteiger partial charge in [-0.25, -0.2) is 28.8 Å². The predicted octanol–water partition coefficient (Wildman–Crippen LogP) is 8.34. The van der Waals surface area contributed by atoms with E-state index in [1.807, 2.05) is 0 Å². The quantitative estimate of drug-likeness (QED) is 0.0193. The lowest BCUT2D eigenvalue weighted by Crippen LogP contribution is -2.57. The Hall–Kier alpha value is -9.13. The van der Waals surface area contributed by atoms with Gasteiger partial charge in [-0.05, 0) is 72.8 Å². The zero-order valence-corrected chi connectivity index (χ0v) is 41.5. The zero-order valence-electron chi connectivity index (χ0n) is 41.5. The summed E-state index contributed by atoms with van der Waals surface area (Å²) in [6.07, 6.45) is -11.3. The lowest BCUT2D eigenvalue weighted by molar-refractivity contribution is -0.347. The summed E-state index contributed by atoms with van der Waals surface area (Å²) in [6.45, 7) is -2.85. The standard InChI is InChI=1S/C61H50O17/c62-47(40-22-8-1-9-23-40)36-71-60(52(75-58(67)45-32-18-6-19-33-45)50-48(73-50)37-69-54(63)41-24-10-2-11-25-41)78-61(39-72-56(65)43-28-14-4-15-29-43)53(76-59(68)46-34-20-7-21-35-46)51(74-57(66)44-30-16-5-17-31-44)49(77-61)38-70-55(64)42-26-12-3-13-27-42/h1-35,48-53,60H,36-39H2/t48-,49-,50?,51+,52+,53?,60-,61+/m1/s1. The van der Waals surface area contributed by atoms with Gasteiger partial charge >= 0.3 is 35.8 Å². The van der Waals surface area contributed by atoms with Gasteiger partial charge in [-0.15, -0.1) is 0 Å². The van der Waals surface area contributed by atoms with E-state index in [9.17, 15) is 33.6 Å². The smallest absolute Gasteiger partial charge is 0.338 e. The van der Waals surface area contributed by atoms with Crippen LogP contribution in [0.4, 0.5) is 0 Å². The first-order valence-corrected chi connectivity index (χ1v) is 24.7. The van der Waals surface area contributed by atoms with E-state index in [2.05, 4.69) is 0 Å². The van der Waals surface area contributed by atoms with Gasteiger partial charge in [-0.1, -0.05) is 140 Å². The van der Waals surface area contributed by atoms with Crippen LogP contribution in [-0.2, 0) is 47.4 Å². The lowest BCUT2D eigenvalue weighted by atomic mass is 10.0. The molecule has 7 aromatic carbocycles. The van der Waals surface area contributed by atoms with Gasteiger partial charge < -0.3 is 47.4 Å². The molecule has 0 amide bonds. The van der Waals surface area contributed by atoms with E-state index in [0.717, 1.165) is 0 Å². The van der Waals surface area contributed by atoms with Crippen LogP contribution in [0.2, 0.25) is 0 Å². The van der Waals surface area contributed by atoms with Crippen LogP contribution in [0.3, 0.4) is 0 Å². The second-order valence-electron chi connectivity index (χ2n) is 17.7. The second-order valence-corrected chi connectivity index (χ2v) is 17.7. The van der Waals surface area contributed by atoms with Gasteiger partial charge in [0, 0.05) is 5.56 Å². The molecule has 0 bridgehead atoms. The van der Waals surface area contributed by atoms with Gasteiger partial charge in [0.2, 0.25) is 12.1 Å². The third kappa shape index (κ3) is 13.6. The number of ketones is 1. The molecule has 0 N–H and O–H groups in total. The number of esters is 6. The van der Waals surface area contributed by atoms with Crippen molar-refractivity contribution in [1.29, 1.82) is 0 Å². The molecule has 0 aromatic heterocycles. The van der Waals surface area contributed by atoms with Crippen molar-refractivity contribution >= 4 is 41.6 Å². The largest absolute Gasteiger partial charge is 0.459 e. The molecule has 7 aromatic rings. The summed E-state index contributed by atoms with van der Waals surface area (Å²) in [4.78, 5) is 98.0. The Bertz CT molecular complexity index is 3150. The third-order valence-electron chi connectivity index (χ3n) is 12.4. The first-order chi connectivity index (χ1) is 38.0. The Morgan fingerprint density at radius 2 is 0.795 bits per heavy atom. The molecule has 9 rings (SSSR count). The highest BCUT2D eigenvalue weighted by Gasteiger charge is 2.65. The summed E-state index contributed by atoms with van der Waals surface area (Å²) in [5.41, 5.74) is 0.813. The van der Waals surface area contributed by atoms with Crippen molar-refractivity contribution in [1.82, 2.24) is 0 Å². The Balaban J connectivity index is 1.17. The SMILES string of the molecule is O=C(CO[C@H](O[C@]1(COC(=O)c2ccccc2)O[C@H](COC(=O)c2ccccc2)[C@H](OC(=O)c2ccccc2)C1OC(=O)c1ccccc1)[C@@H](OC(=O)c1ccccc1)C1O[C@@H]1COC(=O)c1ccccc1)c1ccccc1. The number of epoxide rings is 1. The molecule has 2 aliphatic rings. The van der Waals surface area contributed by atoms with Crippen LogP contribution < -0.4 is 0 Å². The molecule has 2 fully saturated rings. The minimum atomic E-state index is -2.71. The monoisotopic (exact) mass is 1050 g/mol. The van der Waals surface area contributed by atoms with E-state index < -0.39 is 110 Å². The van der Waals surface area contributed by atoms with Gasteiger partial charge in [0.1, 0.15) is 44.7 Å². The van der Waals surface area contributed by atoms with Crippen molar-refractivity contribution in [3.63, 3.8) is 0 Å². The van der Waals surface area contributed by atoms with Gasteiger partial charge in [-0.3, -0.25) is 4.79 Å². The average Bonchev–Trinajstić information content (AvgIpc) is 4.44. The lowest BCUT2D eigenvalue weighted by Gasteiger charge is -2.38. The summed E-state index contributed by atoms with van der Waals surface area (Å²) in [5.74, 6) is -8.60. The van der Waals surface area contributed by atoms with Crippen LogP contribution in [0.1, 0.15) is 72.5 Å². The van der Waals surface area contributed by atoms with Crippen LogP contribution in [0, 0.1) is 0 Å². The number of rotatable bonds is 23. The number of ether oxygens (including phenoxy) is 10. The van der Waals surface area contributed by atoms with Crippen LogP contribution >= 0.6 is 0 Å². The number of benzene rings is 7. The minimum absolute atomic E-state index is 0.00923. The Morgan fingerprint density at radius 3 is 1.24 bits per heavy atom. The van der Waals surface area contributed by atoms with E-state index >= 15 is 0 Å². The zero-order chi connectivity index (χ0) is 54.3. The number of Topliss-reactive ketones (excluding diaryl/α,β-unsaturated/α-hetero) is 1. The summed E-state index contributed by atoms with van der Waals surface area (Å²) in [7, 11) is 0. The fourth-order valence-electron chi connectivity index (χ4n) is 8.36. The highest BCUT2D eigenvalue weighted by molar-refractivity contribution is 5.97. The summed E-state index contributed by atoms with van der Waals surface area (Å²) < 4.78 is 62.5. The molecule has 78 heavy (non-hydrogen) atoms. The fourth-order valence-corrected chi connectivity index (χ4v) is 8.36. The van der Waals surface area contributed by atoms with Gasteiger partial charge in [0.05, 0.1) is 33.4 Å². The maximum atomic E-state index is 14.5. The third-order valence-corrected chi connectivity index (χ3v) is 12.4. The van der Waals surface area contributed by atoms with E-state index in [1.165, 1.54) is 60.7 Å². The van der Waals surface area contributed by atoms with Crippen molar-refractivity contribution in [2.45, 2.75) is 48.7 Å². The fraction of sp³-hybridized carbons (Fsp3) is 0.197. The molecule has 2 unspecified atom stereocenters. The molecule has 0 radical (unpaired) electrons. The van der Waals surface area contributed by atoms with Crippen LogP contribution in [0.15, 0.2) is 212 Å². The van der Waals surface area contributed by atoms with Crippen molar-refractivity contribution in [2.24, 2.45) is 0 Å². The highest BCUT2D eigenvalue weighted by Crippen LogP contribution is 2.42. The molecule has 17 heteroatoms. The number of hydrogen-bond donors (Lipinski definition) is 0. The van der Waals surface area contributed by atoms with Crippen LogP contribution in [0.5, 0.6) is 0 Å². The minimum Gasteiger partial charge on any atom is -0.459 e. The molecular weight excluding hydrogens is 1000 g/mol. The Labute approximate surface area is 447 Å². The molecule has 396 valence electrons. The molecule has 2 aliphatic heterocycles. The Morgan fingerprint density at radius 1 is 0.423 bits per heavy atom. The maximum absolute atomic E-state index is 14.5. The predicted molar refractivity (Wildman–Crippen MR) is 275 cm³/mol. The average molecular weight is 1060 g/mol. The second kappa shape index (κ2) is 25.6. The Kier molecular flexibility index (Phi) is 17.6. The van der Waals surface area contributed by atoms with Crippen molar-refractivity contribution in [3.05, 3.63) is 251 Å². The molecule has 8 atom stereocenters. The summed E-state index contributed by atoms with van der Waals surface area (Å²) in [6, 6.07) is 55.4. The molecule has 2 saturated heterocycles. The van der Waals surface area contributed by atoms with Crippen molar-refractivity contribution in [2.75, 3.05) is 26.4 Å². The molecule has 0 aliphatic carbocycles. The molecule has 0 saturated carbocycles. The van der Waals surface area contributed by atoms with E-state index in [0.29, 0.717) is 0 Å². The number of carbonyl (C=O) groups is 7. The van der Waals surface area contributed by atoms with Gasteiger partial charge in [0.15, 0.2) is 24.1 Å². The van der Waals surface area contributed by atoms with Crippen LogP contribution in [0.25, 0.3) is 0 Å². The molecule has 0 spiro atoms. The van der Waals surface area contributed by atoms with Crippen molar-refractivity contribution in [3.8, 4) is 0 Å². The highest BCUT2D eigenvalue weighted by atomic mass is 16.8. The van der Waals surface area contributed by atoms with E-state index in [4.69, 9.17) is 47.4 Å². The normalized spacial score (nSPS) is 19.9. The summed E-state index contributed by atoms with van der Waals surface area (Å²) >= 11 is 0. The molecule has 2 heterocycles. The number of hydrogen-bond acceptors (Lipinski definition) is 17. The summed E-state index contributed by atoms with van der Waals surface area (Å²) in [5, 5.41) is 0. The van der Waals surface area contributed by atoms with Gasteiger partial charge in [0.25, 0.3) is 0 Å². The number of carbonyl (C=O) groups excluding carboxylic acids is 7. The van der Waals surface area contributed by atoms with E-state index in [1.54, 1.807) is 152 Å². The molecule has 17 nitrogen and oxygen atoms in total. The van der Waals surface area contributed by atoms with Crippen LogP contribution in [-0.4, -0.2) is 117 Å². The maximum Gasteiger partial charge on any atom is 0.338 e. The van der Waals surface area contributed by atoms with Gasteiger partial charge in [-0.2, -0.15) is 0 Å². The van der Waals surface area contributed by atoms with Crippen molar-refractivity contribution < 1.29 is 80.9 Å².